The Labute approximate surface area is 132 Å². The smallest absolute Gasteiger partial charge is 0.0409 e. The average molecular weight is 313 g/mol. The van der Waals surface area contributed by atoms with Gasteiger partial charge in [-0.2, -0.15) is 11.8 Å². The van der Waals surface area contributed by atoms with Gasteiger partial charge in [0.15, 0.2) is 0 Å². The van der Waals surface area contributed by atoms with Crippen LogP contribution in [0.3, 0.4) is 0 Å². The van der Waals surface area contributed by atoms with Gasteiger partial charge in [-0.05, 0) is 57.6 Å². The zero-order valence-corrected chi connectivity index (χ0v) is 14.0. The maximum absolute atomic E-state index is 6.07. The van der Waals surface area contributed by atoms with Crippen LogP contribution in [0.25, 0.3) is 0 Å². The third kappa shape index (κ3) is 4.96. The van der Waals surface area contributed by atoms with Crippen molar-refractivity contribution >= 4 is 23.4 Å². The average Bonchev–Trinajstić information content (AvgIpc) is 2.47. The van der Waals surface area contributed by atoms with E-state index in [9.17, 15) is 0 Å². The van der Waals surface area contributed by atoms with Gasteiger partial charge in [-0.1, -0.05) is 23.7 Å². The largest absolute Gasteiger partial charge is 0.317 e. The number of hydrogen-bond donors (Lipinski definition) is 1. The molecule has 1 saturated heterocycles. The third-order valence-electron chi connectivity index (χ3n) is 4.08. The molecule has 1 unspecified atom stereocenters. The first kappa shape index (κ1) is 16.2. The summed E-state index contributed by atoms with van der Waals surface area (Å²) in [4.78, 5) is 2.42. The van der Waals surface area contributed by atoms with Gasteiger partial charge in [0.2, 0.25) is 0 Å². The summed E-state index contributed by atoms with van der Waals surface area (Å²) >= 11 is 8.20. The Hall–Kier alpha value is -0.220. The highest BCUT2D eigenvalue weighted by atomic mass is 35.5. The van der Waals surface area contributed by atoms with Gasteiger partial charge in [0.25, 0.3) is 0 Å². The van der Waals surface area contributed by atoms with Gasteiger partial charge in [-0.3, -0.25) is 4.90 Å². The molecule has 4 heteroatoms. The van der Waals surface area contributed by atoms with E-state index in [-0.39, 0.29) is 0 Å². The van der Waals surface area contributed by atoms with Crippen LogP contribution in [-0.4, -0.2) is 42.6 Å². The van der Waals surface area contributed by atoms with E-state index in [0.717, 1.165) is 16.8 Å². The van der Waals surface area contributed by atoms with E-state index in [1.54, 1.807) is 0 Å². The van der Waals surface area contributed by atoms with E-state index in [1.165, 1.54) is 37.2 Å². The maximum Gasteiger partial charge on any atom is 0.0409 e. The Morgan fingerprint density at radius 1 is 1.40 bits per heavy atom. The molecule has 1 aromatic rings. The molecule has 2 nitrogen and oxygen atoms in total. The van der Waals surface area contributed by atoms with E-state index in [4.69, 9.17) is 11.6 Å². The van der Waals surface area contributed by atoms with Crippen molar-refractivity contribution in [2.75, 3.05) is 32.4 Å². The lowest BCUT2D eigenvalue weighted by Crippen LogP contribution is -2.30. The fourth-order valence-electron chi connectivity index (χ4n) is 2.54. The molecule has 112 valence electrons. The number of nitrogens with zero attached hydrogens (tertiary/aromatic N) is 1. The molecule has 1 aliphatic rings. The second-order valence-corrected chi connectivity index (χ2v) is 7.38. The number of nitrogens with one attached hydrogen (secondary N) is 1. The molecular formula is C16H25ClN2S. The normalized spacial score (nSPS) is 18.4. The lowest BCUT2D eigenvalue weighted by Gasteiger charge is -2.27. The quantitative estimate of drug-likeness (QED) is 0.859. The summed E-state index contributed by atoms with van der Waals surface area (Å²) in [7, 11) is 2.20. The molecule has 0 aromatic heterocycles. The molecule has 0 amide bonds. The molecule has 2 rings (SSSR count). The lowest BCUT2D eigenvalue weighted by molar-refractivity contribution is 0.278. The summed E-state index contributed by atoms with van der Waals surface area (Å²) in [6.45, 7) is 5.75. The van der Waals surface area contributed by atoms with E-state index < -0.39 is 0 Å². The van der Waals surface area contributed by atoms with Crippen molar-refractivity contribution in [1.29, 1.82) is 0 Å². The van der Waals surface area contributed by atoms with Crippen LogP contribution in [0, 0.1) is 0 Å². The van der Waals surface area contributed by atoms with Crippen molar-refractivity contribution in [2.45, 2.75) is 31.1 Å². The molecule has 0 spiro atoms. The van der Waals surface area contributed by atoms with Crippen LogP contribution in [-0.2, 0) is 0 Å². The molecule has 0 saturated carbocycles. The zero-order chi connectivity index (χ0) is 14.4. The third-order valence-corrected chi connectivity index (χ3v) is 5.67. The highest BCUT2D eigenvalue weighted by Gasteiger charge is 2.15. The molecule has 1 aromatic carbocycles. The monoisotopic (exact) mass is 312 g/mol. The minimum Gasteiger partial charge on any atom is -0.317 e. The Morgan fingerprint density at radius 2 is 2.15 bits per heavy atom. The van der Waals surface area contributed by atoms with Crippen molar-refractivity contribution < 1.29 is 0 Å². The molecule has 1 aliphatic heterocycles. The van der Waals surface area contributed by atoms with Gasteiger partial charge in [0.1, 0.15) is 0 Å². The van der Waals surface area contributed by atoms with Crippen molar-refractivity contribution in [2.24, 2.45) is 0 Å². The number of hydrogen-bond acceptors (Lipinski definition) is 3. The van der Waals surface area contributed by atoms with Gasteiger partial charge in [0.05, 0.1) is 0 Å². The van der Waals surface area contributed by atoms with Crippen LogP contribution in [0.2, 0.25) is 5.02 Å². The predicted molar refractivity (Wildman–Crippen MR) is 90.8 cm³/mol. The molecular weight excluding hydrogens is 288 g/mol. The number of thioether (sulfide) groups is 1. The molecule has 0 radical (unpaired) electrons. The minimum atomic E-state index is 0.419. The van der Waals surface area contributed by atoms with Gasteiger partial charge in [-0.25, -0.2) is 0 Å². The first-order valence-electron chi connectivity index (χ1n) is 7.45. The van der Waals surface area contributed by atoms with Crippen LogP contribution in [0.4, 0.5) is 0 Å². The fraction of sp³-hybridized carbons (Fsp3) is 0.625. The van der Waals surface area contributed by atoms with E-state index >= 15 is 0 Å². The molecule has 1 atom stereocenters. The molecule has 1 fully saturated rings. The first-order chi connectivity index (χ1) is 9.66. The Bertz CT molecular complexity index is 407. The second-order valence-electron chi connectivity index (χ2n) is 5.53. The van der Waals surface area contributed by atoms with Crippen LogP contribution >= 0.6 is 23.4 Å². The van der Waals surface area contributed by atoms with Gasteiger partial charge < -0.3 is 5.32 Å². The summed E-state index contributed by atoms with van der Waals surface area (Å²) < 4.78 is 0. The molecule has 1 N–H and O–H groups in total. The summed E-state index contributed by atoms with van der Waals surface area (Å²) in [5.74, 6) is 1.21. The summed E-state index contributed by atoms with van der Waals surface area (Å²) in [6, 6.07) is 8.62. The number of benzene rings is 1. The van der Waals surface area contributed by atoms with Crippen molar-refractivity contribution in [3.63, 3.8) is 0 Å². The summed E-state index contributed by atoms with van der Waals surface area (Å²) in [5.41, 5.74) is 1.30. The van der Waals surface area contributed by atoms with Crippen molar-refractivity contribution in [3.05, 3.63) is 34.9 Å². The van der Waals surface area contributed by atoms with E-state index in [1.807, 2.05) is 12.1 Å². The highest BCUT2D eigenvalue weighted by molar-refractivity contribution is 7.99. The predicted octanol–water partition coefficient (Wildman–Crippen LogP) is 3.82. The Balaban J connectivity index is 1.74. The minimum absolute atomic E-state index is 0.419. The first-order valence-corrected chi connectivity index (χ1v) is 8.87. The topological polar surface area (TPSA) is 15.3 Å². The fourth-order valence-corrected chi connectivity index (χ4v) is 4.03. The lowest BCUT2D eigenvalue weighted by atomic mass is 10.1. The van der Waals surface area contributed by atoms with E-state index in [0.29, 0.717) is 6.04 Å². The zero-order valence-electron chi connectivity index (χ0n) is 12.4. The number of piperidine rings is 1. The Kier molecular flexibility index (Phi) is 6.69. The SMILES string of the molecule is CC(c1cccc(Cl)c1)N(C)CCSC1CCNCC1. The van der Waals surface area contributed by atoms with Crippen LogP contribution in [0.15, 0.2) is 24.3 Å². The van der Waals surface area contributed by atoms with Crippen molar-refractivity contribution in [3.8, 4) is 0 Å². The van der Waals surface area contributed by atoms with Gasteiger partial charge in [0, 0.05) is 28.6 Å². The second kappa shape index (κ2) is 8.28. The summed E-state index contributed by atoms with van der Waals surface area (Å²) in [5, 5.41) is 5.10. The highest BCUT2D eigenvalue weighted by Crippen LogP contribution is 2.24. The van der Waals surface area contributed by atoms with Crippen molar-refractivity contribution in [1.82, 2.24) is 10.2 Å². The Morgan fingerprint density at radius 3 is 2.85 bits per heavy atom. The molecule has 1 heterocycles. The van der Waals surface area contributed by atoms with Gasteiger partial charge in [-0.15, -0.1) is 0 Å². The number of halogens is 1. The maximum atomic E-state index is 6.07. The number of rotatable bonds is 6. The molecule has 0 aliphatic carbocycles. The summed E-state index contributed by atoms with van der Waals surface area (Å²) in [6.07, 6.45) is 2.64. The standard InChI is InChI=1S/C16H25ClN2S/c1-13(14-4-3-5-15(17)12-14)19(2)10-11-20-16-6-8-18-9-7-16/h3-5,12-13,16,18H,6-11H2,1-2H3. The molecule has 20 heavy (non-hydrogen) atoms. The van der Waals surface area contributed by atoms with E-state index in [2.05, 4.69) is 48.1 Å². The van der Waals surface area contributed by atoms with Crippen LogP contribution in [0.5, 0.6) is 0 Å². The molecule has 0 bridgehead atoms. The van der Waals surface area contributed by atoms with Crippen LogP contribution < -0.4 is 5.32 Å². The van der Waals surface area contributed by atoms with Gasteiger partial charge >= 0.3 is 0 Å². The van der Waals surface area contributed by atoms with Crippen LogP contribution in [0.1, 0.15) is 31.4 Å².